The van der Waals surface area contributed by atoms with Crippen molar-refractivity contribution in [1.29, 1.82) is 0 Å². The first-order valence-electron chi connectivity index (χ1n) is 4.79. The highest BCUT2D eigenvalue weighted by molar-refractivity contribution is 5.85. The van der Waals surface area contributed by atoms with Crippen molar-refractivity contribution in [3.05, 3.63) is 55.0 Å². The van der Waals surface area contributed by atoms with Gasteiger partial charge in [-0.3, -0.25) is 4.98 Å². The lowest BCUT2D eigenvalue weighted by Gasteiger charge is -2.04. The number of aromatic nitrogens is 3. The van der Waals surface area contributed by atoms with Gasteiger partial charge in [0.1, 0.15) is 0 Å². The molecule has 0 radical (unpaired) electrons. The Balaban J connectivity index is 2.36. The standard InChI is InChI=1S/C12H9N3/c1-4-10-5-2-7-13-12(10)11(6-1)15-9-3-8-14-15/h1-9H. The average Bonchev–Trinajstić information content (AvgIpc) is 2.82. The van der Waals surface area contributed by atoms with Gasteiger partial charge in [0.05, 0.1) is 11.2 Å². The van der Waals surface area contributed by atoms with Crippen LogP contribution in [0.15, 0.2) is 55.0 Å². The number of benzene rings is 1. The van der Waals surface area contributed by atoms with E-state index in [1.165, 1.54) is 0 Å². The van der Waals surface area contributed by atoms with Gasteiger partial charge >= 0.3 is 0 Å². The van der Waals surface area contributed by atoms with E-state index in [0.29, 0.717) is 0 Å². The van der Waals surface area contributed by atoms with Gasteiger partial charge in [-0.2, -0.15) is 5.10 Å². The topological polar surface area (TPSA) is 30.7 Å². The van der Waals surface area contributed by atoms with Crippen LogP contribution in [0.25, 0.3) is 16.6 Å². The predicted octanol–water partition coefficient (Wildman–Crippen LogP) is 2.42. The van der Waals surface area contributed by atoms with E-state index < -0.39 is 0 Å². The Bertz CT molecular complexity index is 579. The summed E-state index contributed by atoms with van der Waals surface area (Å²) in [5.41, 5.74) is 1.99. The van der Waals surface area contributed by atoms with Gasteiger partial charge in [0.2, 0.25) is 0 Å². The van der Waals surface area contributed by atoms with Crippen LogP contribution < -0.4 is 0 Å². The van der Waals surface area contributed by atoms with E-state index in [1.807, 2.05) is 35.1 Å². The lowest BCUT2D eigenvalue weighted by molar-refractivity contribution is 0.885. The highest BCUT2D eigenvalue weighted by Gasteiger charge is 2.02. The molecular weight excluding hydrogens is 186 g/mol. The molecule has 0 aliphatic heterocycles. The molecule has 3 heteroatoms. The van der Waals surface area contributed by atoms with Crippen molar-refractivity contribution < 1.29 is 0 Å². The van der Waals surface area contributed by atoms with Gasteiger partial charge in [-0.1, -0.05) is 18.2 Å². The van der Waals surface area contributed by atoms with Crippen LogP contribution in [0.2, 0.25) is 0 Å². The summed E-state index contributed by atoms with van der Waals surface area (Å²) in [6, 6.07) is 12.0. The van der Waals surface area contributed by atoms with Crippen molar-refractivity contribution in [3.63, 3.8) is 0 Å². The second kappa shape index (κ2) is 3.20. The molecule has 0 fully saturated rings. The second-order valence-corrected chi connectivity index (χ2v) is 3.30. The number of fused-ring (bicyclic) bond motifs is 1. The fraction of sp³-hybridized carbons (Fsp3) is 0. The molecule has 3 aromatic rings. The Hall–Kier alpha value is -2.16. The average molecular weight is 195 g/mol. The van der Waals surface area contributed by atoms with E-state index >= 15 is 0 Å². The molecule has 2 heterocycles. The van der Waals surface area contributed by atoms with Gasteiger partial charge in [-0.15, -0.1) is 0 Å². The predicted molar refractivity (Wildman–Crippen MR) is 58.9 cm³/mol. The molecule has 72 valence electrons. The van der Waals surface area contributed by atoms with E-state index in [9.17, 15) is 0 Å². The SMILES string of the molecule is c1cnc2c(-n3cccn3)cccc2c1. The number of hydrogen-bond acceptors (Lipinski definition) is 2. The summed E-state index contributed by atoms with van der Waals surface area (Å²) in [4.78, 5) is 4.38. The first-order valence-corrected chi connectivity index (χ1v) is 4.79. The number of pyridine rings is 1. The van der Waals surface area contributed by atoms with E-state index in [0.717, 1.165) is 16.6 Å². The summed E-state index contributed by atoms with van der Waals surface area (Å²) < 4.78 is 1.83. The third-order valence-electron chi connectivity index (χ3n) is 2.36. The molecule has 1 aromatic carbocycles. The molecule has 0 amide bonds. The normalized spacial score (nSPS) is 10.7. The third-order valence-corrected chi connectivity index (χ3v) is 2.36. The zero-order valence-corrected chi connectivity index (χ0v) is 8.04. The van der Waals surface area contributed by atoms with E-state index in [2.05, 4.69) is 22.2 Å². The summed E-state index contributed by atoms with van der Waals surface area (Å²) in [6.07, 6.45) is 5.49. The first-order chi connectivity index (χ1) is 7.45. The Kier molecular flexibility index (Phi) is 1.75. The summed E-state index contributed by atoms with van der Waals surface area (Å²) in [7, 11) is 0. The van der Waals surface area contributed by atoms with Crippen molar-refractivity contribution in [2.24, 2.45) is 0 Å². The fourth-order valence-corrected chi connectivity index (χ4v) is 1.68. The van der Waals surface area contributed by atoms with Crippen LogP contribution in [-0.2, 0) is 0 Å². The maximum atomic E-state index is 4.38. The maximum absolute atomic E-state index is 4.38. The lowest BCUT2D eigenvalue weighted by atomic mass is 10.2. The zero-order chi connectivity index (χ0) is 10.1. The minimum absolute atomic E-state index is 0.976. The molecule has 0 bridgehead atoms. The third kappa shape index (κ3) is 1.29. The van der Waals surface area contributed by atoms with Gasteiger partial charge < -0.3 is 0 Å². The Morgan fingerprint density at radius 1 is 0.933 bits per heavy atom. The monoisotopic (exact) mass is 195 g/mol. The molecule has 0 unspecified atom stereocenters. The maximum Gasteiger partial charge on any atom is 0.0958 e. The van der Waals surface area contributed by atoms with Crippen LogP contribution in [-0.4, -0.2) is 14.8 Å². The quantitative estimate of drug-likeness (QED) is 0.597. The van der Waals surface area contributed by atoms with Gasteiger partial charge in [0, 0.05) is 24.0 Å². The van der Waals surface area contributed by atoms with Gasteiger partial charge in [-0.05, 0) is 18.2 Å². The van der Waals surface area contributed by atoms with Gasteiger partial charge in [0.15, 0.2) is 0 Å². The van der Waals surface area contributed by atoms with Crippen LogP contribution in [0, 0.1) is 0 Å². The first kappa shape index (κ1) is 8.17. The molecule has 0 saturated heterocycles. The second-order valence-electron chi connectivity index (χ2n) is 3.30. The highest BCUT2D eigenvalue weighted by atomic mass is 15.3. The number of nitrogens with zero attached hydrogens (tertiary/aromatic N) is 3. The van der Waals surface area contributed by atoms with E-state index in [1.54, 1.807) is 12.4 Å². The Morgan fingerprint density at radius 2 is 1.87 bits per heavy atom. The highest BCUT2D eigenvalue weighted by Crippen LogP contribution is 2.18. The van der Waals surface area contributed by atoms with Crippen LogP contribution in [0.5, 0.6) is 0 Å². The molecule has 2 aromatic heterocycles. The molecule has 0 N–H and O–H groups in total. The molecule has 3 nitrogen and oxygen atoms in total. The molecule has 0 spiro atoms. The molecule has 3 rings (SSSR count). The van der Waals surface area contributed by atoms with Crippen molar-refractivity contribution in [3.8, 4) is 5.69 Å². The largest absolute Gasteiger partial charge is 0.254 e. The molecular formula is C12H9N3. The fourth-order valence-electron chi connectivity index (χ4n) is 1.68. The van der Waals surface area contributed by atoms with Crippen molar-refractivity contribution in [2.75, 3.05) is 0 Å². The van der Waals surface area contributed by atoms with Crippen LogP contribution in [0.1, 0.15) is 0 Å². The molecule has 0 atom stereocenters. The molecule has 15 heavy (non-hydrogen) atoms. The van der Waals surface area contributed by atoms with Crippen molar-refractivity contribution in [1.82, 2.24) is 14.8 Å². The van der Waals surface area contributed by atoms with Crippen LogP contribution in [0.3, 0.4) is 0 Å². The van der Waals surface area contributed by atoms with E-state index in [4.69, 9.17) is 0 Å². The number of rotatable bonds is 1. The van der Waals surface area contributed by atoms with Crippen LogP contribution >= 0.6 is 0 Å². The minimum atomic E-state index is 0.976. The molecule has 0 aliphatic carbocycles. The van der Waals surface area contributed by atoms with Crippen LogP contribution in [0.4, 0.5) is 0 Å². The summed E-state index contributed by atoms with van der Waals surface area (Å²) in [6.45, 7) is 0. The summed E-state index contributed by atoms with van der Waals surface area (Å²) >= 11 is 0. The van der Waals surface area contributed by atoms with Crippen molar-refractivity contribution in [2.45, 2.75) is 0 Å². The Morgan fingerprint density at radius 3 is 2.73 bits per heavy atom. The summed E-state index contributed by atoms with van der Waals surface area (Å²) in [5, 5.41) is 5.34. The molecule has 0 aliphatic rings. The van der Waals surface area contributed by atoms with E-state index in [-0.39, 0.29) is 0 Å². The number of hydrogen-bond donors (Lipinski definition) is 0. The lowest BCUT2D eigenvalue weighted by Crippen LogP contribution is -1.96. The number of para-hydroxylation sites is 1. The zero-order valence-electron chi connectivity index (χ0n) is 8.04. The smallest absolute Gasteiger partial charge is 0.0958 e. The minimum Gasteiger partial charge on any atom is -0.254 e. The summed E-state index contributed by atoms with van der Waals surface area (Å²) in [5.74, 6) is 0. The molecule has 0 saturated carbocycles. The van der Waals surface area contributed by atoms with Gasteiger partial charge in [-0.25, -0.2) is 4.68 Å². The Labute approximate surface area is 87.0 Å². The van der Waals surface area contributed by atoms with Crippen molar-refractivity contribution >= 4 is 10.9 Å². The van der Waals surface area contributed by atoms with Gasteiger partial charge in [0.25, 0.3) is 0 Å².